The highest BCUT2D eigenvalue weighted by molar-refractivity contribution is 9.10. The zero-order valence-electron chi connectivity index (χ0n) is 14.4. The molecule has 1 aromatic rings. The molecule has 0 saturated heterocycles. The summed E-state index contributed by atoms with van der Waals surface area (Å²) in [5.74, 6) is -2.37. The third-order valence-electron chi connectivity index (χ3n) is 4.77. The second-order valence-corrected chi connectivity index (χ2v) is 10.2. The van der Waals surface area contributed by atoms with Crippen LogP contribution in [0.3, 0.4) is 0 Å². The van der Waals surface area contributed by atoms with Crippen molar-refractivity contribution in [1.29, 1.82) is 0 Å². The summed E-state index contributed by atoms with van der Waals surface area (Å²) >= 11 is 3.04. The maximum absolute atomic E-state index is 13.3. The van der Waals surface area contributed by atoms with Crippen molar-refractivity contribution in [3.8, 4) is 0 Å². The van der Waals surface area contributed by atoms with Crippen LogP contribution in [0, 0.1) is 11.7 Å². The second kappa shape index (κ2) is 9.27. The first kappa shape index (κ1) is 21.3. The molecule has 1 aliphatic rings. The number of rotatable bonds is 7. The Morgan fingerprint density at radius 1 is 1.38 bits per heavy atom. The first-order valence-electron chi connectivity index (χ1n) is 8.65. The average Bonchev–Trinajstić information content (AvgIpc) is 2.58. The largest absolute Gasteiger partial charge is 0.478 e. The van der Waals surface area contributed by atoms with Gasteiger partial charge in [0.2, 0.25) is 7.37 Å². The minimum atomic E-state index is -3.88. The van der Waals surface area contributed by atoms with Crippen LogP contribution in [0.2, 0.25) is 0 Å². The Bertz CT molecular complexity index is 734. The van der Waals surface area contributed by atoms with Crippen molar-refractivity contribution < 1.29 is 23.7 Å². The van der Waals surface area contributed by atoms with E-state index in [1.165, 1.54) is 30.7 Å². The Morgan fingerprint density at radius 3 is 2.62 bits per heavy atom. The number of aliphatic carboxylic acids is 1. The highest BCUT2D eigenvalue weighted by atomic mass is 79.9. The second-order valence-electron chi connectivity index (χ2n) is 6.87. The Balaban J connectivity index is 2.13. The van der Waals surface area contributed by atoms with Crippen LogP contribution in [-0.4, -0.2) is 27.9 Å². The highest BCUT2D eigenvalue weighted by Gasteiger charge is 2.33. The molecule has 1 aliphatic carbocycles. The van der Waals surface area contributed by atoms with Gasteiger partial charge in [0.1, 0.15) is 5.82 Å². The third kappa shape index (κ3) is 6.02. The van der Waals surface area contributed by atoms with E-state index in [9.17, 15) is 23.7 Å². The number of carbonyl (C=O) groups is 1. The molecular weight excluding hydrogens is 424 g/mol. The molecule has 0 heterocycles. The van der Waals surface area contributed by atoms with Gasteiger partial charge in [0.25, 0.3) is 0 Å². The van der Waals surface area contributed by atoms with Crippen molar-refractivity contribution in [3.05, 3.63) is 39.6 Å². The monoisotopic (exact) mass is 447 g/mol. The fourth-order valence-electron chi connectivity index (χ4n) is 3.27. The standard InChI is InChI=1S/C18H24BrFNO4P/c19-15-9-13(6-7-16(15)20)8-14(18(22)23)11-26(24,25)17(21)10-12-4-2-1-3-5-12/h6-9,12,17H,1-5,10-11,21H2,(H,22,23)(H,24,25)/b14-8+. The van der Waals surface area contributed by atoms with Crippen LogP contribution in [0.4, 0.5) is 4.39 Å². The molecule has 1 aromatic carbocycles. The summed E-state index contributed by atoms with van der Waals surface area (Å²) in [6, 6.07) is 4.03. The quantitative estimate of drug-likeness (QED) is 0.419. The van der Waals surface area contributed by atoms with Crippen molar-refractivity contribution in [2.24, 2.45) is 11.7 Å². The van der Waals surface area contributed by atoms with E-state index in [0.29, 0.717) is 17.9 Å². The maximum atomic E-state index is 13.3. The predicted octanol–water partition coefficient (Wildman–Crippen LogP) is 4.58. The SMILES string of the molecule is NC(CC1CCCCC1)P(=O)(O)C/C(=C\c1ccc(F)c(Br)c1)C(=O)O. The predicted molar refractivity (Wildman–Crippen MR) is 104 cm³/mol. The molecule has 1 saturated carbocycles. The number of carboxylic acids is 1. The molecule has 2 atom stereocenters. The Morgan fingerprint density at radius 2 is 2.04 bits per heavy atom. The van der Waals surface area contributed by atoms with Gasteiger partial charge in [0.15, 0.2) is 0 Å². The van der Waals surface area contributed by atoms with E-state index in [-0.39, 0.29) is 10.0 Å². The van der Waals surface area contributed by atoms with Gasteiger partial charge < -0.3 is 15.7 Å². The van der Waals surface area contributed by atoms with Crippen LogP contribution in [0.1, 0.15) is 44.1 Å². The zero-order valence-corrected chi connectivity index (χ0v) is 16.9. The molecule has 2 unspecified atom stereocenters. The number of nitrogens with two attached hydrogens (primary N) is 1. The molecule has 1 fully saturated rings. The van der Waals surface area contributed by atoms with Crippen LogP contribution in [-0.2, 0) is 9.36 Å². The molecule has 0 aromatic heterocycles. The van der Waals surface area contributed by atoms with E-state index in [1.54, 1.807) is 0 Å². The number of hydrogen-bond donors (Lipinski definition) is 3. The number of hydrogen-bond acceptors (Lipinski definition) is 3. The molecule has 8 heteroatoms. The van der Waals surface area contributed by atoms with Crippen LogP contribution in [0.15, 0.2) is 28.2 Å². The fourth-order valence-corrected chi connectivity index (χ4v) is 5.24. The highest BCUT2D eigenvalue weighted by Crippen LogP contribution is 2.49. The lowest BCUT2D eigenvalue weighted by molar-refractivity contribution is -0.132. The third-order valence-corrected chi connectivity index (χ3v) is 7.42. The molecule has 0 radical (unpaired) electrons. The average molecular weight is 448 g/mol. The number of carboxylic acid groups (broad SMARTS) is 1. The van der Waals surface area contributed by atoms with E-state index >= 15 is 0 Å². The summed E-state index contributed by atoms with van der Waals surface area (Å²) in [6.45, 7) is 0. The normalized spacial score (nSPS) is 19.8. The molecule has 0 spiro atoms. The molecule has 26 heavy (non-hydrogen) atoms. The number of benzene rings is 1. The van der Waals surface area contributed by atoms with Gasteiger partial charge in [-0.05, 0) is 52.0 Å². The van der Waals surface area contributed by atoms with Crippen molar-refractivity contribution in [1.82, 2.24) is 0 Å². The lowest BCUT2D eigenvalue weighted by atomic mass is 9.87. The topological polar surface area (TPSA) is 101 Å². The minimum Gasteiger partial charge on any atom is -0.478 e. The Kier molecular flexibility index (Phi) is 7.59. The Hall–Kier alpha value is -1.01. The van der Waals surface area contributed by atoms with Gasteiger partial charge in [-0.25, -0.2) is 9.18 Å². The van der Waals surface area contributed by atoms with Crippen molar-refractivity contribution in [3.63, 3.8) is 0 Å². The lowest BCUT2D eigenvalue weighted by Crippen LogP contribution is -2.27. The first-order chi connectivity index (χ1) is 12.2. The van der Waals surface area contributed by atoms with Crippen LogP contribution in [0.25, 0.3) is 6.08 Å². The van der Waals surface area contributed by atoms with E-state index in [4.69, 9.17) is 5.73 Å². The molecule has 5 nitrogen and oxygen atoms in total. The summed E-state index contributed by atoms with van der Waals surface area (Å²) in [5.41, 5.74) is 6.19. The van der Waals surface area contributed by atoms with Gasteiger partial charge in [-0.1, -0.05) is 38.2 Å². The van der Waals surface area contributed by atoms with Crippen molar-refractivity contribution >= 4 is 35.3 Å². The Labute approximate surface area is 161 Å². The summed E-state index contributed by atoms with van der Waals surface area (Å²) in [7, 11) is -3.88. The van der Waals surface area contributed by atoms with Crippen molar-refractivity contribution in [2.45, 2.75) is 44.3 Å². The summed E-state index contributed by atoms with van der Waals surface area (Å²) < 4.78 is 26.2. The van der Waals surface area contributed by atoms with Crippen LogP contribution >= 0.6 is 23.3 Å². The van der Waals surface area contributed by atoms with Gasteiger partial charge in [0.05, 0.1) is 16.4 Å². The van der Waals surface area contributed by atoms with Gasteiger partial charge in [0, 0.05) is 5.57 Å². The van der Waals surface area contributed by atoms with Crippen LogP contribution < -0.4 is 5.73 Å². The summed E-state index contributed by atoms with van der Waals surface area (Å²) in [4.78, 5) is 21.9. The molecule has 0 bridgehead atoms. The summed E-state index contributed by atoms with van der Waals surface area (Å²) in [5, 5.41) is 9.40. The molecule has 4 N–H and O–H groups in total. The smallest absolute Gasteiger partial charge is 0.332 e. The molecule has 144 valence electrons. The minimum absolute atomic E-state index is 0.192. The van der Waals surface area contributed by atoms with Gasteiger partial charge in [-0.3, -0.25) is 4.57 Å². The van der Waals surface area contributed by atoms with Crippen molar-refractivity contribution in [2.75, 3.05) is 6.16 Å². The van der Waals surface area contributed by atoms with Gasteiger partial charge in [-0.15, -0.1) is 0 Å². The maximum Gasteiger partial charge on any atom is 0.332 e. The first-order valence-corrected chi connectivity index (χ1v) is 11.4. The van der Waals surface area contributed by atoms with Gasteiger partial charge in [-0.2, -0.15) is 0 Å². The van der Waals surface area contributed by atoms with E-state index in [0.717, 1.165) is 25.7 Å². The summed E-state index contributed by atoms with van der Waals surface area (Å²) in [6.07, 6.45) is 6.59. The van der Waals surface area contributed by atoms with E-state index < -0.39 is 31.1 Å². The van der Waals surface area contributed by atoms with E-state index in [1.807, 2.05) is 0 Å². The molecular formula is C18H24BrFNO4P. The molecule has 0 aliphatic heterocycles. The lowest BCUT2D eigenvalue weighted by Gasteiger charge is -2.27. The van der Waals surface area contributed by atoms with Gasteiger partial charge >= 0.3 is 5.97 Å². The number of halogens is 2. The molecule has 2 rings (SSSR count). The fraction of sp³-hybridized carbons (Fsp3) is 0.500. The molecule has 0 amide bonds. The zero-order chi connectivity index (χ0) is 19.3. The van der Waals surface area contributed by atoms with Crippen LogP contribution in [0.5, 0.6) is 0 Å². The van der Waals surface area contributed by atoms with E-state index in [2.05, 4.69) is 15.9 Å².